The first-order chi connectivity index (χ1) is 10.9. The smallest absolute Gasteiger partial charge is 0.251 e. The minimum absolute atomic E-state index is 0.172. The number of sulfonamides is 1. The molecule has 1 saturated heterocycles. The van der Waals surface area contributed by atoms with Gasteiger partial charge in [0, 0.05) is 18.7 Å². The second-order valence-electron chi connectivity index (χ2n) is 5.49. The summed E-state index contributed by atoms with van der Waals surface area (Å²) in [5.41, 5.74) is 5.24. The molecule has 0 aromatic heterocycles. The highest BCUT2D eigenvalue weighted by molar-refractivity contribution is 7.89. The summed E-state index contributed by atoms with van der Waals surface area (Å²) in [6, 6.07) is 5.70. The number of amides is 2. The average Bonchev–Trinajstić information content (AvgIpc) is 2.82. The second kappa shape index (κ2) is 7.56. The molecule has 126 valence electrons. The van der Waals surface area contributed by atoms with Crippen molar-refractivity contribution < 1.29 is 18.0 Å². The minimum atomic E-state index is -3.53. The first kappa shape index (κ1) is 17.4. The molecular formula is C15H21N3O4S. The Morgan fingerprint density at radius 1 is 1.04 bits per heavy atom. The molecule has 1 aliphatic heterocycles. The second-order valence-corrected chi connectivity index (χ2v) is 7.43. The zero-order chi connectivity index (χ0) is 16.9. The molecule has 0 saturated carbocycles. The van der Waals surface area contributed by atoms with Gasteiger partial charge in [-0.15, -0.1) is 0 Å². The average molecular weight is 339 g/mol. The molecule has 8 heteroatoms. The van der Waals surface area contributed by atoms with Gasteiger partial charge in [0.05, 0.1) is 11.4 Å². The third kappa shape index (κ3) is 4.52. The van der Waals surface area contributed by atoms with E-state index in [0.717, 1.165) is 25.7 Å². The van der Waals surface area contributed by atoms with Gasteiger partial charge >= 0.3 is 0 Å². The van der Waals surface area contributed by atoms with Crippen molar-refractivity contribution >= 4 is 21.8 Å². The summed E-state index contributed by atoms with van der Waals surface area (Å²) in [6.45, 7) is 0.805. The summed E-state index contributed by atoms with van der Waals surface area (Å²) in [4.78, 5) is 22.6. The molecule has 0 bridgehead atoms. The Labute approximate surface area is 135 Å². The summed E-state index contributed by atoms with van der Waals surface area (Å²) >= 11 is 0. The summed E-state index contributed by atoms with van der Waals surface area (Å²) in [6.07, 6.45) is 3.83. The van der Waals surface area contributed by atoms with Crippen LogP contribution in [0.5, 0.6) is 0 Å². The molecule has 1 heterocycles. The van der Waals surface area contributed by atoms with Gasteiger partial charge in [0.25, 0.3) is 5.91 Å². The van der Waals surface area contributed by atoms with Crippen LogP contribution in [0.1, 0.15) is 36.0 Å². The number of nitrogens with zero attached hydrogens (tertiary/aromatic N) is 1. The van der Waals surface area contributed by atoms with Gasteiger partial charge < -0.3 is 11.1 Å². The Hall–Kier alpha value is -1.93. The quantitative estimate of drug-likeness (QED) is 0.812. The largest absolute Gasteiger partial charge is 0.368 e. The lowest BCUT2D eigenvalue weighted by Crippen LogP contribution is -2.33. The molecule has 0 aliphatic carbocycles. The third-order valence-corrected chi connectivity index (χ3v) is 5.66. The zero-order valence-corrected chi connectivity index (χ0v) is 13.6. The highest BCUT2D eigenvalue weighted by Gasteiger charge is 2.25. The van der Waals surface area contributed by atoms with Crippen molar-refractivity contribution in [2.75, 3.05) is 19.6 Å². The topological polar surface area (TPSA) is 110 Å². The molecule has 0 radical (unpaired) electrons. The van der Waals surface area contributed by atoms with Crippen LogP contribution in [0.4, 0.5) is 0 Å². The fraction of sp³-hybridized carbons (Fsp3) is 0.467. The van der Waals surface area contributed by atoms with Crippen LogP contribution in [-0.4, -0.2) is 44.2 Å². The molecule has 0 atom stereocenters. The maximum absolute atomic E-state index is 12.6. The highest BCUT2D eigenvalue weighted by atomic mass is 32.2. The lowest BCUT2D eigenvalue weighted by molar-refractivity contribution is -0.117. The van der Waals surface area contributed by atoms with E-state index in [0.29, 0.717) is 13.1 Å². The van der Waals surface area contributed by atoms with Crippen molar-refractivity contribution in [2.24, 2.45) is 5.73 Å². The van der Waals surface area contributed by atoms with Gasteiger partial charge in [0.1, 0.15) is 0 Å². The van der Waals surface area contributed by atoms with Gasteiger partial charge in [-0.1, -0.05) is 12.8 Å². The predicted molar refractivity (Wildman–Crippen MR) is 85.2 cm³/mol. The minimum Gasteiger partial charge on any atom is -0.368 e. The van der Waals surface area contributed by atoms with Crippen molar-refractivity contribution in [1.82, 2.24) is 9.62 Å². The summed E-state index contributed by atoms with van der Waals surface area (Å²) in [5.74, 6) is -1.11. The van der Waals surface area contributed by atoms with E-state index in [2.05, 4.69) is 5.32 Å². The summed E-state index contributed by atoms with van der Waals surface area (Å²) in [7, 11) is -3.53. The zero-order valence-electron chi connectivity index (χ0n) is 12.8. The normalized spacial score (nSPS) is 16.5. The fourth-order valence-corrected chi connectivity index (χ4v) is 4.00. The molecule has 7 nitrogen and oxygen atoms in total. The maximum Gasteiger partial charge on any atom is 0.251 e. The van der Waals surface area contributed by atoms with E-state index in [1.165, 1.54) is 28.6 Å². The van der Waals surface area contributed by atoms with E-state index < -0.39 is 21.8 Å². The van der Waals surface area contributed by atoms with E-state index >= 15 is 0 Å². The number of rotatable bonds is 5. The Balaban J connectivity index is 2.11. The van der Waals surface area contributed by atoms with Gasteiger partial charge in [0.2, 0.25) is 15.9 Å². The van der Waals surface area contributed by atoms with E-state index in [-0.39, 0.29) is 17.0 Å². The Morgan fingerprint density at radius 3 is 2.13 bits per heavy atom. The number of hydrogen-bond acceptors (Lipinski definition) is 4. The predicted octanol–water partition coefficient (Wildman–Crippen LogP) is 0.466. The number of nitrogens with two attached hydrogens (primary N) is 1. The highest BCUT2D eigenvalue weighted by Crippen LogP contribution is 2.20. The number of benzene rings is 1. The molecule has 1 aromatic carbocycles. The van der Waals surface area contributed by atoms with Gasteiger partial charge in [-0.25, -0.2) is 8.42 Å². The van der Waals surface area contributed by atoms with Gasteiger partial charge in [-0.2, -0.15) is 4.31 Å². The van der Waals surface area contributed by atoms with Crippen LogP contribution in [0.25, 0.3) is 0 Å². The lowest BCUT2D eigenvalue weighted by atomic mass is 10.2. The Morgan fingerprint density at radius 2 is 1.61 bits per heavy atom. The van der Waals surface area contributed by atoms with Crippen LogP contribution < -0.4 is 11.1 Å². The lowest BCUT2D eigenvalue weighted by Gasteiger charge is -2.20. The molecular weight excluding hydrogens is 318 g/mol. The van der Waals surface area contributed by atoms with Gasteiger partial charge in [-0.3, -0.25) is 9.59 Å². The standard InChI is InChI=1S/C15H21N3O4S/c16-14(19)11-17-15(20)12-5-7-13(8-6-12)23(21,22)18-9-3-1-2-4-10-18/h5-8H,1-4,9-11H2,(H2,16,19)(H,17,20). The van der Waals surface area contributed by atoms with Crippen LogP contribution in [0.15, 0.2) is 29.2 Å². The van der Waals surface area contributed by atoms with Crippen LogP contribution in [0.3, 0.4) is 0 Å². The Kier molecular flexibility index (Phi) is 5.73. The van der Waals surface area contributed by atoms with E-state index in [1.807, 2.05) is 0 Å². The first-order valence-corrected chi connectivity index (χ1v) is 9.02. The van der Waals surface area contributed by atoms with Crippen molar-refractivity contribution in [3.8, 4) is 0 Å². The van der Waals surface area contributed by atoms with Crippen LogP contribution in [0.2, 0.25) is 0 Å². The van der Waals surface area contributed by atoms with Crippen molar-refractivity contribution in [2.45, 2.75) is 30.6 Å². The Bertz CT molecular complexity index is 662. The van der Waals surface area contributed by atoms with Gasteiger partial charge in [-0.05, 0) is 37.1 Å². The molecule has 1 aromatic rings. The van der Waals surface area contributed by atoms with Crippen molar-refractivity contribution in [3.63, 3.8) is 0 Å². The van der Waals surface area contributed by atoms with Gasteiger partial charge in [0.15, 0.2) is 0 Å². The molecule has 0 spiro atoms. The molecule has 0 unspecified atom stereocenters. The molecule has 23 heavy (non-hydrogen) atoms. The molecule has 2 rings (SSSR count). The number of nitrogens with one attached hydrogen (secondary N) is 1. The number of primary amides is 1. The maximum atomic E-state index is 12.6. The van der Waals surface area contributed by atoms with Crippen molar-refractivity contribution in [1.29, 1.82) is 0 Å². The van der Waals surface area contributed by atoms with Crippen LogP contribution >= 0.6 is 0 Å². The van der Waals surface area contributed by atoms with Crippen LogP contribution in [0, 0.1) is 0 Å². The number of carbonyl (C=O) groups excluding carboxylic acids is 2. The van der Waals surface area contributed by atoms with Crippen LogP contribution in [-0.2, 0) is 14.8 Å². The molecule has 3 N–H and O–H groups in total. The third-order valence-electron chi connectivity index (χ3n) is 3.74. The van der Waals surface area contributed by atoms with E-state index in [1.54, 1.807) is 0 Å². The van der Waals surface area contributed by atoms with E-state index in [9.17, 15) is 18.0 Å². The monoisotopic (exact) mass is 339 g/mol. The van der Waals surface area contributed by atoms with E-state index in [4.69, 9.17) is 5.73 Å². The first-order valence-electron chi connectivity index (χ1n) is 7.58. The molecule has 1 fully saturated rings. The SMILES string of the molecule is NC(=O)CNC(=O)c1ccc(S(=O)(=O)N2CCCCCC2)cc1. The fourth-order valence-electron chi connectivity index (χ4n) is 2.48. The molecule has 1 aliphatic rings. The number of carbonyl (C=O) groups is 2. The van der Waals surface area contributed by atoms with Crippen molar-refractivity contribution in [3.05, 3.63) is 29.8 Å². The molecule has 2 amide bonds. The summed E-state index contributed by atoms with van der Waals surface area (Å²) < 4.78 is 26.7. The number of hydrogen-bond donors (Lipinski definition) is 2. The summed E-state index contributed by atoms with van der Waals surface area (Å²) in [5, 5.41) is 2.35.